The Bertz CT molecular complexity index is 1100. The van der Waals surface area contributed by atoms with Crippen molar-refractivity contribution < 1.29 is 14.3 Å². The highest BCUT2D eigenvalue weighted by atomic mass is 16.5. The van der Waals surface area contributed by atoms with Gasteiger partial charge in [0.2, 0.25) is 11.8 Å². The Morgan fingerprint density at radius 1 is 1.18 bits per heavy atom. The number of amides is 1. The van der Waals surface area contributed by atoms with Crippen molar-refractivity contribution in [2.24, 2.45) is 5.73 Å². The van der Waals surface area contributed by atoms with Gasteiger partial charge in [0.25, 0.3) is 11.7 Å². The Hall–Kier alpha value is -3.24. The van der Waals surface area contributed by atoms with Crippen LogP contribution in [0.1, 0.15) is 37.6 Å². The third kappa shape index (κ3) is 5.96. The molecule has 10 nitrogen and oxygen atoms in total. The van der Waals surface area contributed by atoms with E-state index in [0.717, 1.165) is 24.3 Å². The molecule has 0 unspecified atom stereocenters. The lowest BCUT2D eigenvalue weighted by Gasteiger charge is -2.26. The first-order valence-electron chi connectivity index (χ1n) is 11.1. The maximum Gasteiger partial charge on any atom is 0.257 e. The molecule has 3 aromatic rings. The highest BCUT2D eigenvalue weighted by Gasteiger charge is 2.17. The van der Waals surface area contributed by atoms with Crippen LogP contribution in [-0.2, 0) is 28.0 Å². The molecule has 2 aromatic heterocycles. The van der Waals surface area contributed by atoms with E-state index in [0.29, 0.717) is 43.9 Å². The number of morpholine rings is 1. The fourth-order valence-electron chi connectivity index (χ4n) is 3.58. The summed E-state index contributed by atoms with van der Waals surface area (Å²) in [6.45, 7) is 10.6. The standard InChI is InChI=1S/C23H31N7O3/c1-23(2,3)17-6-4-16(5-7-17)13-25-21-27-22-26-18(14-29-8-10-32-11-9-29)12-20(30(22)28-21)33-15-19(24)31/h4-7,12H,8-11,13-15H2,1-3H3,(H2,24,31)(H,25,28). The molecule has 3 N–H and O–H groups in total. The molecule has 1 fully saturated rings. The second-order valence-corrected chi connectivity index (χ2v) is 9.18. The number of nitrogens with zero attached hydrogens (tertiary/aromatic N) is 5. The SMILES string of the molecule is CC(C)(C)c1ccc(CNc2nc3nc(CN4CCOCC4)cc(OCC(N)=O)n3n2)cc1. The van der Waals surface area contributed by atoms with Gasteiger partial charge < -0.3 is 20.5 Å². The van der Waals surface area contributed by atoms with Crippen molar-refractivity contribution in [3.63, 3.8) is 0 Å². The molecular formula is C23H31N7O3. The van der Waals surface area contributed by atoms with Gasteiger partial charge in [-0.1, -0.05) is 45.0 Å². The van der Waals surface area contributed by atoms with Gasteiger partial charge in [0.1, 0.15) is 0 Å². The lowest BCUT2D eigenvalue weighted by molar-refractivity contribution is -0.120. The van der Waals surface area contributed by atoms with Gasteiger partial charge >= 0.3 is 0 Å². The van der Waals surface area contributed by atoms with Crippen molar-refractivity contribution in [3.05, 3.63) is 47.2 Å². The van der Waals surface area contributed by atoms with Crippen LogP contribution in [0.4, 0.5) is 5.95 Å². The van der Waals surface area contributed by atoms with Crippen molar-refractivity contribution in [1.29, 1.82) is 0 Å². The van der Waals surface area contributed by atoms with E-state index >= 15 is 0 Å². The van der Waals surface area contributed by atoms with E-state index in [1.54, 1.807) is 6.07 Å². The molecule has 4 rings (SSSR count). The number of carbonyl (C=O) groups excluding carboxylic acids is 1. The Balaban J connectivity index is 1.52. The molecule has 1 amide bonds. The predicted octanol–water partition coefficient (Wildman–Crippen LogP) is 1.73. The van der Waals surface area contributed by atoms with Crippen LogP contribution in [-0.4, -0.2) is 63.3 Å². The molecular weight excluding hydrogens is 422 g/mol. The molecule has 10 heteroatoms. The molecule has 3 heterocycles. The van der Waals surface area contributed by atoms with Crippen molar-refractivity contribution >= 4 is 17.6 Å². The molecule has 1 saturated heterocycles. The van der Waals surface area contributed by atoms with Crippen molar-refractivity contribution in [3.8, 4) is 5.88 Å². The Labute approximate surface area is 193 Å². The third-order valence-corrected chi connectivity index (χ3v) is 5.45. The van der Waals surface area contributed by atoms with Crippen molar-refractivity contribution in [2.75, 3.05) is 38.2 Å². The second-order valence-electron chi connectivity index (χ2n) is 9.18. The molecule has 0 bridgehead atoms. The topological polar surface area (TPSA) is 120 Å². The summed E-state index contributed by atoms with van der Waals surface area (Å²) in [7, 11) is 0. The fraction of sp³-hybridized carbons (Fsp3) is 0.478. The first-order chi connectivity index (χ1) is 15.8. The van der Waals surface area contributed by atoms with E-state index in [1.165, 1.54) is 10.1 Å². The summed E-state index contributed by atoms with van der Waals surface area (Å²) in [6.07, 6.45) is 0. The summed E-state index contributed by atoms with van der Waals surface area (Å²) in [5.41, 5.74) is 8.56. The van der Waals surface area contributed by atoms with Gasteiger partial charge in [0, 0.05) is 32.2 Å². The number of nitrogens with one attached hydrogen (secondary N) is 1. The lowest BCUT2D eigenvalue weighted by atomic mass is 9.87. The molecule has 1 aliphatic heterocycles. The summed E-state index contributed by atoms with van der Waals surface area (Å²) in [5, 5.41) is 7.72. The largest absolute Gasteiger partial charge is 0.467 e. The first-order valence-corrected chi connectivity index (χ1v) is 11.1. The Morgan fingerprint density at radius 2 is 1.91 bits per heavy atom. The van der Waals surface area contributed by atoms with Crippen LogP contribution in [0.5, 0.6) is 5.88 Å². The number of fused-ring (bicyclic) bond motifs is 1. The van der Waals surface area contributed by atoms with Crippen LogP contribution in [0.25, 0.3) is 5.78 Å². The van der Waals surface area contributed by atoms with Gasteiger partial charge in [-0.05, 0) is 16.5 Å². The van der Waals surface area contributed by atoms with Crippen LogP contribution in [0.3, 0.4) is 0 Å². The van der Waals surface area contributed by atoms with Gasteiger partial charge in [0.05, 0.1) is 18.9 Å². The number of ether oxygens (including phenoxy) is 2. The molecule has 0 aliphatic carbocycles. The number of nitrogens with two attached hydrogens (primary N) is 1. The van der Waals surface area contributed by atoms with Crippen LogP contribution in [0.2, 0.25) is 0 Å². The number of hydrogen-bond acceptors (Lipinski definition) is 8. The average molecular weight is 454 g/mol. The van der Waals surface area contributed by atoms with Crippen LogP contribution in [0, 0.1) is 0 Å². The summed E-state index contributed by atoms with van der Waals surface area (Å²) >= 11 is 0. The second kappa shape index (κ2) is 9.72. The van der Waals surface area contributed by atoms with E-state index in [2.05, 4.69) is 70.3 Å². The van der Waals surface area contributed by atoms with Crippen LogP contribution >= 0.6 is 0 Å². The molecule has 0 radical (unpaired) electrons. The number of benzene rings is 1. The van der Waals surface area contributed by atoms with Crippen molar-refractivity contribution in [1.82, 2.24) is 24.5 Å². The number of hydrogen-bond donors (Lipinski definition) is 2. The third-order valence-electron chi connectivity index (χ3n) is 5.45. The summed E-state index contributed by atoms with van der Waals surface area (Å²) in [6, 6.07) is 10.3. The molecule has 0 saturated carbocycles. The maximum atomic E-state index is 11.3. The van der Waals surface area contributed by atoms with Crippen molar-refractivity contribution in [2.45, 2.75) is 39.3 Å². The van der Waals surface area contributed by atoms with E-state index in [9.17, 15) is 4.79 Å². The fourth-order valence-corrected chi connectivity index (χ4v) is 3.58. The van der Waals surface area contributed by atoms with E-state index in [-0.39, 0.29) is 12.0 Å². The normalized spacial score (nSPS) is 15.0. The number of carbonyl (C=O) groups is 1. The van der Waals surface area contributed by atoms with E-state index in [4.69, 9.17) is 15.2 Å². The van der Waals surface area contributed by atoms with Crippen LogP contribution < -0.4 is 15.8 Å². The van der Waals surface area contributed by atoms with Crippen LogP contribution in [0.15, 0.2) is 30.3 Å². The zero-order valence-corrected chi connectivity index (χ0v) is 19.4. The minimum absolute atomic E-state index is 0.112. The summed E-state index contributed by atoms with van der Waals surface area (Å²) in [4.78, 5) is 22.7. The molecule has 0 spiro atoms. The van der Waals surface area contributed by atoms with E-state index < -0.39 is 5.91 Å². The van der Waals surface area contributed by atoms with Gasteiger partial charge in [-0.2, -0.15) is 9.50 Å². The number of aromatic nitrogens is 4. The Morgan fingerprint density at radius 3 is 2.58 bits per heavy atom. The van der Waals surface area contributed by atoms with Gasteiger partial charge in [0.15, 0.2) is 6.61 Å². The van der Waals surface area contributed by atoms with E-state index in [1.807, 2.05) is 0 Å². The summed E-state index contributed by atoms with van der Waals surface area (Å²) < 4.78 is 12.5. The first kappa shape index (κ1) is 22.9. The molecule has 0 atom stereocenters. The number of anilines is 1. The van der Waals surface area contributed by atoms with Gasteiger partial charge in [-0.3, -0.25) is 9.69 Å². The highest BCUT2D eigenvalue weighted by Crippen LogP contribution is 2.22. The number of rotatable bonds is 8. The number of primary amides is 1. The molecule has 1 aliphatic rings. The monoisotopic (exact) mass is 453 g/mol. The molecule has 176 valence electrons. The maximum absolute atomic E-state index is 11.3. The highest BCUT2D eigenvalue weighted by molar-refractivity contribution is 5.75. The average Bonchev–Trinajstić information content (AvgIpc) is 3.19. The minimum Gasteiger partial charge on any atom is -0.467 e. The molecule has 33 heavy (non-hydrogen) atoms. The smallest absolute Gasteiger partial charge is 0.257 e. The lowest BCUT2D eigenvalue weighted by Crippen LogP contribution is -2.36. The zero-order valence-electron chi connectivity index (χ0n) is 19.4. The van der Waals surface area contributed by atoms with Gasteiger partial charge in [-0.25, -0.2) is 4.98 Å². The Kier molecular flexibility index (Phi) is 6.75. The summed E-state index contributed by atoms with van der Waals surface area (Å²) in [5.74, 6) is 0.629. The molecule has 1 aromatic carbocycles. The quantitative estimate of drug-likeness (QED) is 0.529. The predicted molar refractivity (Wildman–Crippen MR) is 124 cm³/mol. The minimum atomic E-state index is -0.563. The van der Waals surface area contributed by atoms with Gasteiger partial charge in [-0.15, -0.1) is 5.10 Å². The zero-order chi connectivity index (χ0) is 23.4.